The van der Waals surface area contributed by atoms with Crippen molar-refractivity contribution in [3.05, 3.63) is 45.8 Å². The minimum absolute atomic E-state index is 0.0836. The molecule has 0 saturated carbocycles. The van der Waals surface area contributed by atoms with Gasteiger partial charge in [-0.05, 0) is 32.4 Å². The second kappa shape index (κ2) is 8.89. The molecule has 0 radical (unpaired) electrons. The minimum atomic E-state index is -3.87. The van der Waals surface area contributed by atoms with Crippen LogP contribution in [-0.2, 0) is 21.3 Å². The van der Waals surface area contributed by atoms with Crippen molar-refractivity contribution < 1.29 is 18.1 Å². The van der Waals surface area contributed by atoms with Gasteiger partial charge in [-0.3, -0.25) is 14.8 Å². The zero-order chi connectivity index (χ0) is 21.0. The van der Waals surface area contributed by atoms with E-state index in [0.29, 0.717) is 32.0 Å². The molecular weight excluding hydrogens is 398 g/mol. The Balaban J connectivity index is 1.76. The summed E-state index contributed by atoms with van der Waals surface area (Å²) in [5.41, 5.74) is 2.11. The van der Waals surface area contributed by atoms with Crippen molar-refractivity contribution in [2.24, 2.45) is 0 Å². The molecule has 3 rings (SSSR count). The number of sulfonamides is 1. The molecule has 1 aromatic heterocycles. The normalized spacial score (nSPS) is 15.4. The standard InChI is InChI=1S/C18H25N5O5S/c1-14-12-15(2)22(20-14)7-3-6-19-17-5-4-16(23(24)25)13-18(17)29(26,27)21-8-10-28-11-9-21/h4-5,12-13,19H,3,6-11H2,1-2H3. The summed E-state index contributed by atoms with van der Waals surface area (Å²) in [7, 11) is -3.87. The van der Waals surface area contributed by atoms with E-state index in [2.05, 4.69) is 10.4 Å². The van der Waals surface area contributed by atoms with E-state index in [1.807, 2.05) is 24.6 Å². The molecule has 2 aromatic rings. The number of nitrogens with zero attached hydrogens (tertiary/aromatic N) is 4. The summed E-state index contributed by atoms with van der Waals surface area (Å²) < 4.78 is 34.6. The summed E-state index contributed by atoms with van der Waals surface area (Å²) in [6, 6.07) is 5.88. The van der Waals surface area contributed by atoms with Crippen molar-refractivity contribution in [3.63, 3.8) is 0 Å². The van der Waals surface area contributed by atoms with Gasteiger partial charge < -0.3 is 10.1 Å². The maximum Gasteiger partial charge on any atom is 0.270 e. The summed E-state index contributed by atoms with van der Waals surface area (Å²) in [6.07, 6.45) is 0.718. The molecule has 0 amide bonds. The number of aryl methyl sites for hydroxylation is 3. The van der Waals surface area contributed by atoms with Crippen LogP contribution in [0.25, 0.3) is 0 Å². The number of morpholine rings is 1. The van der Waals surface area contributed by atoms with E-state index in [-0.39, 0.29) is 23.7 Å². The van der Waals surface area contributed by atoms with Gasteiger partial charge in [0.25, 0.3) is 5.69 Å². The van der Waals surface area contributed by atoms with Crippen molar-refractivity contribution >= 4 is 21.4 Å². The summed E-state index contributed by atoms with van der Waals surface area (Å²) in [5, 5.41) is 18.7. The number of benzene rings is 1. The Morgan fingerprint density at radius 3 is 2.59 bits per heavy atom. The zero-order valence-electron chi connectivity index (χ0n) is 16.5. The Morgan fingerprint density at radius 1 is 1.24 bits per heavy atom. The van der Waals surface area contributed by atoms with Crippen LogP contribution in [0.2, 0.25) is 0 Å². The number of nitro benzene ring substituents is 1. The largest absolute Gasteiger partial charge is 0.384 e. The molecule has 1 N–H and O–H groups in total. The number of hydrogen-bond acceptors (Lipinski definition) is 7. The van der Waals surface area contributed by atoms with Crippen LogP contribution in [0.3, 0.4) is 0 Å². The first kappa shape index (κ1) is 21.2. The maximum atomic E-state index is 13.1. The fourth-order valence-electron chi connectivity index (χ4n) is 3.26. The Labute approximate surface area is 169 Å². The van der Waals surface area contributed by atoms with Crippen molar-refractivity contribution in [3.8, 4) is 0 Å². The van der Waals surface area contributed by atoms with Crippen molar-refractivity contribution in [1.29, 1.82) is 0 Å². The third-order valence-corrected chi connectivity index (χ3v) is 6.67. The molecule has 11 heteroatoms. The molecule has 0 atom stereocenters. The van der Waals surface area contributed by atoms with Crippen LogP contribution in [0.4, 0.5) is 11.4 Å². The van der Waals surface area contributed by atoms with Crippen molar-refractivity contribution in [2.75, 3.05) is 38.2 Å². The van der Waals surface area contributed by atoms with Crippen molar-refractivity contribution in [2.45, 2.75) is 31.7 Å². The van der Waals surface area contributed by atoms with E-state index < -0.39 is 14.9 Å². The van der Waals surface area contributed by atoms with Gasteiger partial charge in [-0.2, -0.15) is 9.40 Å². The lowest BCUT2D eigenvalue weighted by Gasteiger charge is -2.27. The van der Waals surface area contributed by atoms with Gasteiger partial charge >= 0.3 is 0 Å². The molecule has 1 aliphatic rings. The predicted octanol–water partition coefficient (Wildman–Crippen LogP) is 1.93. The average Bonchev–Trinajstić information content (AvgIpc) is 3.02. The summed E-state index contributed by atoms with van der Waals surface area (Å²) >= 11 is 0. The lowest BCUT2D eigenvalue weighted by molar-refractivity contribution is -0.385. The third kappa shape index (κ3) is 4.92. The number of rotatable bonds is 8. The fraction of sp³-hybridized carbons (Fsp3) is 0.500. The highest BCUT2D eigenvalue weighted by molar-refractivity contribution is 7.89. The highest BCUT2D eigenvalue weighted by atomic mass is 32.2. The Hall–Kier alpha value is -2.50. The van der Waals surface area contributed by atoms with Crippen LogP contribution >= 0.6 is 0 Å². The number of nitro groups is 1. The fourth-order valence-corrected chi connectivity index (χ4v) is 4.86. The monoisotopic (exact) mass is 423 g/mol. The Bertz CT molecular complexity index is 983. The van der Waals surface area contributed by atoms with Crippen molar-refractivity contribution in [1.82, 2.24) is 14.1 Å². The van der Waals surface area contributed by atoms with E-state index >= 15 is 0 Å². The van der Waals surface area contributed by atoms with E-state index in [9.17, 15) is 18.5 Å². The molecule has 1 aliphatic heterocycles. The first-order valence-corrected chi connectivity index (χ1v) is 10.8. The second-order valence-corrected chi connectivity index (χ2v) is 8.79. The van der Waals surface area contributed by atoms with Crippen LogP contribution in [0.5, 0.6) is 0 Å². The summed E-state index contributed by atoms with van der Waals surface area (Å²) in [4.78, 5) is 10.5. The van der Waals surface area contributed by atoms with Gasteiger partial charge in [0.15, 0.2) is 0 Å². The Kier molecular flexibility index (Phi) is 6.50. The molecular formula is C18H25N5O5S. The molecule has 1 aromatic carbocycles. The first-order chi connectivity index (χ1) is 13.8. The lowest BCUT2D eigenvalue weighted by atomic mass is 10.2. The first-order valence-electron chi connectivity index (χ1n) is 9.40. The lowest BCUT2D eigenvalue weighted by Crippen LogP contribution is -2.40. The molecule has 1 fully saturated rings. The summed E-state index contributed by atoms with van der Waals surface area (Å²) in [6.45, 7) is 6.16. The number of non-ortho nitro benzene ring substituents is 1. The predicted molar refractivity (Wildman–Crippen MR) is 107 cm³/mol. The van der Waals surface area contributed by atoms with Gasteiger partial charge in [0.2, 0.25) is 10.0 Å². The van der Waals surface area contributed by atoms with Crippen LogP contribution in [-0.4, -0.2) is 60.3 Å². The van der Waals surface area contributed by atoms with Gasteiger partial charge in [0, 0.05) is 44.0 Å². The average molecular weight is 423 g/mol. The quantitative estimate of drug-likeness (QED) is 0.391. The minimum Gasteiger partial charge on any atom is -0.384 e. The second-order valence-electron chi connectivity index (χ2n) is 6.88. The number of anilines is 1. The molecule has 1 saturated heterocycles. The number of aromatic nitrogens is 2. The molecule has 29 heavy (non-hydrogen) atoms. The van der Waals surface area contributed by atoms with Gasteiger partial charge in [0.1, 0.15) is 4.90 Å². The molecule has 0 bridgehead atoms. The van der Waals surface area contributed by atoms with Crippen LogP contribution in [0, 0.1) is 24.0 Å². The number of ether oxygens (including phenoxy) is 1. The SMILES string of the molecule is Cc1cc(C)n(CCCNc2ccc([N+](=O)[O-])cc2S(=O)(=O)N2CCOCC2)n1. The van der Waals surface area contributed by atoms with E-state index in [1.54, 1.807) is 0 Å². The smallest absolute Gasteiger partial charge is 0.270 e. The maximum absolute atomic E-state index is 13.1. The number of nitrogens with one attached hydrogen (secondary N) is 1. The molecule has 10 nitrogen and oxygen atoms in total. The molecule has 0 aliphatic carbocycles. The van der Waals surface area contributed by atoms with Crippen LogP contribution in [0.1, 0.15) is 17.8 Å². The third-order valence-electron chi connectivity index (χ3n) is 4.73. The molecule has 158 valence electrons. The van der Waals surface area contributed by atoms with E-state index in [1.165, 1.54) is 16.4 Å². The number of hydrogen-bond donors (Lipinski definition) is 1. The topological polar surface area (TPSA) is 120 Å². The highest BCUT2D eigenvalue weighted by Gasteiger charge is 2.30. The molecule has 0 spiro atoms. The van der Waals surface area contributed by atoms with E-state index in [0.717, 1.165) is 23.9 Å². The van der Waals surface area contributed by atoms with E-state index in [4.69, 9.17) is 4.74 Å². The van der Waals surface area contributed by atoms with Crippen LogP contribution in [0.15, 0.2) is 29.2 Å². The van der Waals surface area contributed by atoms with Gasteiger partial charge in [0.05, 0.1) is 29.5 Å². The molecule has 2 heterocycles. The van der Waals surface area contributed by atoms with Gasteiger partial charge in [-0.15, -0.1) is 0 Å². The zero-order valence-corrected chi connectivity index (χ0v) is 17.3. The van der Waals surface area contributed by atoms with Crippen LogP contribution < -0.4 is 5.32 Å². The van der Waals surface area contributed by atoms with Gasteiger partial charge in [-0.25, -0.2) is 8.42 Å². The summed E-state index contributed by atoms with van der Waals surface area (Å²) in [5.74, 6) is 0. The van der Waals surface area contributed by atoms with Gasteiger partial charge in [-0.1, -0.05) is 0 Å². The Morgan fingerprint density at radius 2 is 1.97 bits per heavy atom. The highest BCUT2D eigenvalue weighted by Crippen LogP contribution is 2.29. The molecule has 0 unspecified atom stereocenters.